The number of aryl methyl sites for hydroxylation is 1. The molecule has 4 heteroatoms. The molecule has 0 spiro atoms. The van der Waals surface area contributed by atoms with Crippen molar-refractivity contribution >= 4 is 21.8 Å². The average molecular weight is 339 g/mol. The van der Waals surface area contributed by atoms with Gasteiger partial charge in [0.2, 0.25) is 0 Å². The van der Waals surface area contributed by atoms with E-state index in [2.05, 4.69) is 27.9 Å². The van der Waals surface area contributed by atoms with Gasteiger partial charge in [0.25, 0.3) is 5.91 Å². The fourth-order valence-corrected chi connectivity index (χ4v) is 3.04. The lowest BCUT2D eigenvalue weighted by Crippen LogP contribution is -2.37. The lowest BCUT2D eigenvalue weighted by molar-refractivity contribution is 0.0747. The van der Waals surface area contributed by atoms with E-state index in [-0.39, 0.29) is 5.91 Å². The van der Waals surface area contributed by atoms with E-state index < -0.39 is 0 Å². The van der Waals surface area contributed by atoms with E-state index >= 15 is 0 Å². The second kappa shape index (κ2) is 6.72. The van der Waals surface area contributed by atoms with Gasteiger partial charge in [-0.15, -0.1) is 0 Å². The molecule has 110 valence electrons. The maximum atomic E-state index is 12.4. The summed E-state index contributed by atoms with van der Waals surface area (Å²) in [7, 11) is 4.07. The standard InChI is InChI=1S/C16H23BrN2O/c1-12-4-5-14(10-15(12)17)16(20)19(3)11-13-6-8-18(2)9-7-13/h4-5,10,13H,6-9,11H2,1-3H3. The minimum atomic E-state index is 0.115. The second-order valence-electron chi connectivity index (χ2n) is 5.90. The first-order valence-electron chi connectivity index (χ1n) is 7.17. The lowest BCUT2D eigenvalue weighted by atomic mass is 9.96. The van der Waals surface area contributed by atoms with Gasteiger partial charge in [0, 0.05) is 23.6 Å². The molecule has 0 radical (unpaired) electrons. The third-order valence-electron chi connectivity index (χ3n) is 4.14. The number of likely N-dealkylation sites (tertiary alicyclic amines) is 1. The minimum absolute atomic E-state index is 0.115. The third-order valence-corrected chi connectivity index (χ3v) is 4.99. The SMILES string of the molecule is Cc1ccc(C(=O)N(C)CC2CCN(C)CC2)cc1Br. The normalized spacial score (nSPS) is 17.2. The van der Waals surface area contributed by atoms with Crippen LogP contribution in [0.1, 0.15) is 28.8 Å². The van der Waals surface area contributed by atoms with E-state index in [0.717, 1.165) is 35.2 Å². The summed E-state index contributed by atoms with van der Waals surface area (Å²) in [5.74, 6) is 0.749. The number of hydrogen-bond donors (Lipinski definition) is 0. The van der Waals surface area contributed by atoms with Crippen LogP contribution in [0.15, 0.2) is 22.7 Å². The molecule has 1 fully saturated rings. The predicted octanol–water partition coefficient (Wildman–Crippen LogP) is 3.17. The van der Waals surface area contributed by atoms with Crippen molar-refractivity contribution < 1.29 is 4.79 Å². The quantitative estimate of drug-likeness (QED) is 0.845. The van der Waals surface area contributed by atoms with E-state index in [1.165, 1.54) is 12.8 Å². The number of nitrogens with zero attached hydrogens (tertiary/aromatic N) is 2. The van der Waals surface area contributed by atoms with Gasteiger partial charge in [-0.1, -0.05) is 22.0 Å². The molecular weight excluding hydrogens is 316 g/mol. The number of rotatable bonds is 3. The molecule has 1 heterocycles. The van der Waals surface area contributed by atoms with Crippen molar-refractivity contribution in [3.05, 3.63) is 33.8 Å². The molecule has 1 aliphatic rings. The molecule has 0 saturated carbocycles. The van der Waals surface area contributed by atoms with Gasteiger partial charge in [0.15, 0.2) is 0 Å². The summed E-state index contributed by atoms with van der Waals surface area (Å²) in [4.78, 5) is 16.7. The molecule has 0 unspecified atom stereocenters. The van der Waals surface area contributed by atoms with Crippen molar-refractivity contribution in [1.82, 2.24) is 9.80 Å². The van der Waals surface area contributed by atoms with Crippen LogP contribution in [0.25, 0.3) is 0 Å². The maximum Gasteiger partial charge on any atom is 0.253 e. The molecule has 0 bridgehead atoms. The predicted molar refractivity (Wildman–Crippen MR) is 86.1 cm³/mol. The van der Waals surface area contributed by atoms with Crippen LogP contribution in [0.2, 0.25) is 0 Å². The Hall–Kier alpha value is -0.870. The van der Waals surface area contributed by atoms with Crippen molar-refractivity contribution in [2.24, 2.45) is 5.92 Å². The first kappa shape index (κ1) is 15.5. The molecule has 1 amide bonds. The number of hydrogen-bond acceptors (Lipinski definition) is 2. The highest BCUT2D eigenvalue weighted by Gasteiger charge is 2.21. The molecule has 1 aliphatic heterocycles. The zero-order valence-corrected chi connectivity index (χ0v) is 14.1. The van der Waals surface area contributed by atoms with Gasteiger partial charge >= 0.3 is 0 Å². The van der Waals surface area contributed by atoms with Crippen molar-refractivity contribution in [3.8, 4) is 0 Å². The van der Waals surface area contributed by atoms with Crippen LogP contribution in [0.4, 0.5) is 0 Å². The fourth-order valence-electron chi connectivity index (χ4n) is 2.66. The topological polar surface area (TPSA) is 23.6 Å². The number of carbonyl (C=O) groups is 1. The highest BCUT2D eigenvalue weighted by atomic mass is 79.9. The van der Waals surface area contributed by atoms with Gasteiger partial charge in [-0.3, -0.25) is 4.79 Å². The largest absolute Gasteiger partial charge is 0.341 e. The molecule has 0 aromatic heterocycles. The van der Waals surface area contributed by atoms with Crippen molar-refractivity contribution in [2.75, 3.05) is 33.7 Å². The highest BCUT2D eigenvalue weighted by Crippen LogP contribution is 2.20. The molecule has 0 atom stereocenters. The van der Waals surface area contributed by atoms with Gasteiger partial charge in [-0.05, 0) is 63.5 Å². The smallest absolute Gasteiger partial charge is 0.253 e. The summed E-state index contributed by atoms with van der Waals surface area (Å²) >= 11 is 3.49. The minimum Gasteiger partial charge on any atom is -0.341 e. The number of amides is 1. The molecule has 1 aromatic carbocycles. The molecule has 2 rings (SSSR count). The Morgan fingerprint density at radius 3 is 2.65 bits per heavy atom. The van der Waals surface area contributed by atoms with Crippen molar-refractivity contribution in [2.45, 2.75) is 19.8 Å². The van der Waals surface area contributed by atoms with Crippen LogP contribution in [0.3, 0.4) is 0 Å². The van der Waals surface area contributed by atoms with Crippen LogP contribution in [0, 0.1) is 12.8 Å². The molecule has 0 aliphatic carbocycles. The molecule has 1 saturated heterocycles. The maximum absolute atomic E-state index is 12.4. The van der Waals surface area contributed by atoms with Gasteiger partial charge in [0.05, 0.1) is 0 Å². The van der Waals surface area contributed by atoms with Crippen LogP contribution in [-0.2, 0) is 0 Å². The number of halogens is 1. The Morgan fingerprint density at radius 1 is 1.40 bits per heavy atom. The third kappa shape index (κ3) is 3.83. The number of piperidine rings is 1. The second-order valence-corrected chi connectivity index (χ2v) is 6.75. The highest BCUT2D eigenvalue weighted by molar-refractivity contribution is 9.10. The average Bonchev–Trinajstić information content (AvgIpc) is 2.43. The van der Waals surface area contributed by atoms with Gasteiger partial charge in [-0.25, -0.2) is 0 Å². The Labute approximate surface area is 130 Å². The van der Waals surface area contributed by atoms with Crippen molar-refractivity contribution in [1.29, 1.82) is 0 Å². The van der Waals surface area contributed by atoms with E-state index in [1.54, 1.807) is 0 Å². The molecule has 1 aromatic rings. The summed E-state index contributed by atoms with van der Waals surface area (Å²) in [5, 5.41) is 0. The zero-order valence-electron chi connectivity index (χ0n) is 12.5. The molecule has 3 nitrogen and oxygen atoms in total. The van der Waals surface area contributed by atoms with E-state index in [4.69, 9.17) is 0 Å². The van der Waals surface area contributed by atoms with E-state index in [9.17, 15) is 4.79 Å². The van der Waals surface area contributed by atoms with Crippen LogP contribution in [0.5, 0.6) is 0 Å². The van der Waals surface area contributed by atoms with Gasteiger partial charge < -0.3 is 9.80 Å². The summed E-state index contributed by atoms with van der Waals surface area (Å²) in [5.41, 5.74) is 1.91. The Morgan fingerprint density at radius 2 is 2.05 bits per heavy atom. The van der Waals surface area contributed by atoms with Crippen LogP contribution >= 0.6 is 15.9 Å². The lowest BCUT2D eigenvalue weighted by Gasteiger charge is -2.31. The van der Waals surface area contributed by atoms with Crippen molar-refractivity contribution in [3.63, 3.8) is 0 Å². The summed E-state index contributed by atoms with van der Waals surface area (Å²) in [6, 6.07) is 5.82. The molecule has 20 heavy (non-hydrogen) atoms. The van der Waals surface area contributed by atoms with Gasteiger partial charge in [0.1, 0.15) is 0 Å². The first-order chi connectivity index (χ1) is 9.47. The zero-order chi connectivity index (χ0) is 14.7. The van der Waals surface area contributed by atoms with Crippen LogP contribution in [-0.4, -0.2) is 49.4 Å². The Bertz CT molecular complexity index is 481. The molecule has 0 N–H and O–H groups in total. The molecular formula is C16H23BrN2O. The Balaban J connectivity index is 1.96. The summed E-state index contributed by atoms with van der Waals surface area (Å²) in [6.45, 7) is 5.17. The van der Waals surface area contributed by atoms with Crippen LogP contribution < -0.4 is 0 Å². The number of benzene rings is 1. The summed E-state index contributed by atoms with van der Waals surface area (Å²) in [6.07, 6.45) is 2.37. The van der Waals surface area contributed by atoms with E-state index in [1.807, 2.05) is 37.1 Å². The fraction of sp³-hybridized carbons (Fsp3) is 0.562. The van der Waals surface area contributed by atoms with Gasteiger partial charge in [-0.2, -0.15) is 0 Å². The number of carbonyl (C=O) groups excluding carboxylic acids is 1. The van der Waals surface area contributed by atoms with E-state index in [0.29, 0.717) is 5.92 Å². The Kier molecular flexibility index (Phi) is 5.22. The summed E-state index contributed by atoms with van der Waals surface area (Å²) < 4.78 is 0.996. The first-order valence-corrected chi connectivity index (χ1v) is 7.97. The monoisotopic (exact) mass is 338 g/mol.